The fourth-order valence-electron chi connectivity index (χ4n) is 4.27. The van der Waals surface area contributed by atoms with Crippen molar-refractivity contribution in [1.82, 2.24) is 10.1 Å². The summed E-state index contributed by atoms with van der Waals surface area (Å²) >= 11 is 0. The molecule has 188 valence electrons. The van der Waals surface area contributed by atoms with Crippen molar-refractivity contribution in [3.63, 3.8) is 0 Å². The van der Waals surface area contributed by atoms with Crippen molar-refractivity contribution in [3.05, 3.63) is 101 Å². The highest BCUT2D eigenvalue weighted by Gasteiger charge is 2.30. The lowest BCUT2D eigenvalue weighted by Gasteiger charge is -2.32. The molecule has 0 unspecified atom stereocenters. The number of hydrogen-bond donors (Lipinski definition) is 0. The van der Waals surface area contributed by atoms with Gasteiger partial charge in [0.25, 0.3) is 0 Å². The quantitative estimate of drug-likeness (QED) is 0.267. The van der Waals surface area contributed by atoms with E-state index in [1.54, 1.807) is 11.9 Å². The molecule has 0 saturated heterocycles. The maximum Gasteiger partial charge on any atom is 0.410 e. The Hall–Kier alpha value is -3.64. The summed E-state index contributed by atoms with van der Waals surface area (Å²) in [6.07, 6.45) is -0.714. The average molecular weight is 487 g/mol. The smallest absolute Gasteiger partial charge is 0.410 e. The second-order valence-electron chi connectivity index (χ2n) is 10.2. The summed E-state index contributed by atoms with van der Waals surface area (Å²) in [5, 5.41) is 6.28. The second kappa shape index (κ2) is 11.0. The van der Waals surface area contributed by atoms with Gasteiger partial charge >= 0.3 is 6.09 Å². The molecular formula is C30H34N2O4. The minimum atomic E-state index is -0.580. The van der Waals surface area contributed by atoms with Crippen molar-refractivity contribution >= 4 is 16.9 Å². The van der Waals surface area contributed by atoms with E-state index in [4.69, 9.17) is 14.0 Å². The van der Waals surface area contributed by atoms with E-state index < -0.39 is 5.60 Å². The number of benzene rings is 3. The zero-order valence-corrected chi connectivity index (χ0v) is 21.6. The number of likely N-dealkylation sites (N-methyl/N-ethyl adjacent to an activating group) is 1. The first-order chi connectivity index (χ1) is 17.2. The van der Waals surface area contributed by atoms with E-state index in [1.807, 2.05) is 64.1 Å². The summed E-state index contributed by atoms with van der Waals surface area (Å²) in [5.41, 5.74) is 2.32. The molecule has 0 aliphatic rings. The molecule has 1 aromatic heterocycles. The van der Waals surface area contributed by atoms with Crippen LogP contribution in [0.5, 0.6) is 0 Å². The summed E-state index contributed by atoms with van der Waals surface area (Å²) < 4.78 is 17.6. The van der Waals surface area contributed by atoms with Crippen LogP contribution >= 0.6 is 0 Å². The number of carbonyl (C=O) groups excluding carboxylic acids is 1. The van der Waals surface area contributed by atoms with E-state index in [-0.39, 0.29) is 24.7 Å². The van der Waals surface area contributed by atoms with Crippen molar-refractivity contribution in [2.75, 3.05) is 13.6 Å². The number of amides is 1. The van der Waals surface area contributed by atoms with Gasteiger partial charge in [0.1, 0.15) is 12.2 Å². The van der Waals surface area contributed by atoms with Crippen LogP contribution in [0.25, 0.3) is 10.8 Å². The molecule has 6 nitrogen and oxygen atoms in total. The third-order valence-corrected chi connectivity index (χ3v) is 5.95. The first kappa shape index (κ1) is 25.5. The third kappa shape index (κ3) is 6.52. The zero-order valence-electron chi connectivity index (χ0n) is 21.6. The Morgan fingerprint density at radius 3 is 2.31 bits per heavy atom. The molecule has 0 saturated carbocycles. The van der Waals surface area contributed by atoms with Crippen molar-refractivity contribution < 1.29 is 18.8 Å². The monoisotopic (exact) mass is 486 g/mol. The van der Waals surface area contributed by atoms with E-state index in [9.17, 15) is 4.79 Å². The number of aromatic nitrogens is 1. The molecule has 36 heavy (non-hydrogen) atoms. The predicted octanol–water partition coefficient (Wildman–Crippen LogP) is 7.04. The fraction of sp³-hybridized carbons (Fsp3) is 0.333. The molecule has 0 spiro atoms. The Morgan fingerprint density at radius 1 is 0.944 bits per heavy atom. The molecule has 1 amide bonds. The van der Waals surface area contributed by atoms with Gasteiger partial charge in [-0.15, -0.1) is 0 Å². The van der Waals surface area contributed by atoms with Crippen LogP contribution in [0.4, 0.5) is 4.79 Å². The van der Waals surface area contributed by atoms with Crippen molar-refractivity contribution in [1.29, 1.82) is 0 Å². The Morgan fingerprint density at radius 2 is 1.64 bits per heavy atom. The Kier molecular flexibility index (Phi) is 7.75. The molecule has 1 heterocycles. The van der Waals surface area contributed by atoms with Gasteiger partial charge in [0.05, 0.1) is 11.8 Å². The Bertz CT molecular complexity index is 1290. The SMILES string of the molecule is Cc1cc(CO[C@H](c2ccccc2)[C@@H](CN(C)C(=O)OC(C)(C)C)c2ccc3ccccc3c2)on1. The molecule has 0 aliphatic carbocycles. The highest BCUT2D eigenvalue weighted by Crippen LogP contribution is 2.37. The maximum atomic E-state index is 12.9. The highest BCUT2D eigenvalue weighted by atomic mass is 16.6. The van der Waals surface area contributed by atoms with Gasteiger partial charge in [0.2, 0.25) is 0 Å². The molecule has 0 aliphatic heterocycles. The average Bonchev–Trinajstić information content (AvgIpc) is 3.27. The molecule has 0 radical (unpaired) electrons. The molecule has 4 rings (SSSR count). The minimum absolute atomic E-state index is 0.168. The third-order valence-electron chi connectivity index (χ3n) is 5.95. The predicted molar refractivity (Wildman–Crippen MR) is 141 cm³/mol. The standard InChI is InChI=1S/C30H34N2O4/c1-21-17-26(36-31-21)20-34-28(23-12-7-6-8-13-23)27(19-32(5)29(33)35-30(2,3)4)25-16-15-22-11-9-10-14-24(22)18-25/h6-18,27-28H,19-20H2,1-5H3/t27-,28+/m0/s1. The fourth-order valence-corrected chi connectivity index (χ4v) is 4.27. The largest absolute Gasteiger partial charge is 0.444 e. The van der Waals surface area contributed by atoms with Crippen LogP contribution in [-0.2, 0) is 16.1 Å². The lowest BCUT2D eigenvalue weighted by Crippen LogP contribution is -2.38. The van der Waals surface area contributed by atoms with E-state index in [0.29, 0.717) is 12.3 Å². The first-order valence-corrected chi connectivity index (χ1v) is 12.2. The maximum absolute atomic E-state index is 12.9. The molecule has 3 aromatic carbocycles. The van der Waals surface area contributed by atoms with Gasteiger partial charge in [-0.3, -0.25) is 0 Å². The van der Waals surface area contributed by atoms with Crippen LogP contribution in [0.15, 0.2) is 83.4 Å². The van der Waals surface area contributed by atoms with Crippen molar-refractivity contribution in [2.24, 2.45) is 0 Å². The molecule has 6 heteroatoms. The normalized spacial score (nSPS) is 13.4. The van der Waals surface area contributed by atoms with Gasteiger partial charge in [0, 0.05) is 25.6 Å². The van der Waals surface area contributed by atoms with Gasteiger partial charge in [-0.1, -0.05) is 78.0 Å². The van der Waals surface area contributed by atoms with E-state index in [1.165, 1.54) is 0 Å². The van der Waals surface area contributed by atoms with Crippen molar-refractivity contribution in [2.45, 2.75) is 51.9 Å². The van der Waals surface area contributed by atoms with Gasteiger partial charge < -0.3 is 18.9 Å². The van der Waals surface area contributed by atoms with Gasteiger partial charge in [0.15, 0.2) is 5.76 Å². The Balaban J connectivity index is 1.72. The van der Waals surface area contributed by atoms with Crippen LogP contribution in [0, 0.1) is 6.92 Å². The second-order valence-corrected chi connectivity index (χ2v) is 10.2. The molecular weight excluding hydrogens is 452 g/mol. The van der Waals surface area contributed by atoms with Gasteiger partial charge in [-0.25, -0.2) is 4.79 Å². The molecule has 4 aromatic rings. The topological polar surface area (TPSA) is 64.8 Å². The summed E-state index contributed by atoms with van der Waals surface area (Å²) in [5.74, 6) is 0.490. The lowest BCUT2D eigenvalue weighted by molar-refractivity contribution is -0.00358. The highest BCUT2D eigenvalue weighted by molar-refractivity contribution is 5.83. The van der Waals surface area contributed by atoms with E-state index >= 15 is 0 Å². The number of hydrogen-bond acceptors (Lipinski definition) is 5. The van der Waals surface area contributed by atoms with E-state index in [0.717, 1.165) is 27.6 Å². The van der Waals surface area contributed by atoms with Gasteiger partial charge in [-0.05, 0) is 49.6 Å². The van der Waals surface area contributed by atoms with Crippen LogP contribution < -0.4 is 0 Å². The number of aryl methyl sites for hydroxylation is 1. The van der Waals surface area contributed by atoms with E-state index in [2.05, 4.69) is 47.6 Å². The minimum Gasteiger partial charge on any atom is -0.444 e. The van der Waals surface area contributed by atoms with Crippen LogP contribution in [0.3, 0.4) is 0 Å². The van der Waals surface area contributed by atoms with Gasteiger partial charge in [-0.2, -0.15) is 0 Å². The van der Waals surface area contributed by atoms with Crippen molar-refractivity contribution in [3.8, 4) is 0 Å². The number of ether oxygens (including phenoxy) is 2. The summed E-state index contributed by atoms with van der Waals surface area (Å²) in [7, 11) is 1.77. The molecule has 0 bridgehead atoms. The number of fused-ring (bicyclic) bond motifs is 1. The molecule has 0 N–H and O–H groups in total. The lowest BCUT2D eigenvalue weighted by atomic mass is 9.87. The van der Waals surface area contributed by atoms with Crippen LogP contribution in [0.2, 0.25) is 0 Å². The number of carbonyl (C=O) groups is 1. The summed E-state index contributed by atoms with van der Waals surface area (Å²) in [6.45, 7) is 8.16. The number of rotatable bonds is 8. The first-order valence-electron chi connectivity index (χ1n) is 12.2. The Labute approximate surface area is 212 Å². The van der Waals surface area contributed by atoms with Crippen LogP contribution in [0.1, 0.15) is 55.4 Å². The summed E-state index contributed by atoms with van der Waals surface area (Å²) in [4.78, 5) is 14.5. The number of nitrogens with zero attached hydrogens (tertiary/aromatic N) is 2. The zero-order chi connectivity index (χ0) is 25.7. The summed E-state index contributed by atoms with van der Waals surface area (Å²) in [6, 6.07) is 26.6. The molecule has 2 atom stereocenters. The van der Waals surface area contributed by atoms with Crippen LogP contribution in [-0.4, -0.2) is 35.3 Å². The molecule has 0 fully saturated rings.